The highest BCUT2D eigenvalue weighted by molar-refractivity contribution is 5.84. The van der Waals surface area contributed by atoms with E-state index in [0.717, 1.165) is 38.7 Å². The molecule has 0 amide bonds. The lowest BCUT2D eigenvalue weighted by molar-refractivity contribution is -0.0743. The number of fused-ring (bicyclic) bond motifs is 1. The number of para-hydroxylation sites is 1. The number of benzene rings is 3. The summed E-state index contributed by atoms with van der Waals surface area (Å²) in [5, 5.41) is 17.4. The van der Waals surface area contributed by atoms with Crippen LogP contribution >= 0.6 is 0 Å². The molecule has 0 saturated carbocycles. The number of nitrogens with zero attached hydrogens (tertiary/aromatic N) is 6. The van der Waals surface area contributed by atoms with Crippen molar-refractivity contribution in [3.05, 3.63) is 119 Å². The van der Waals surface area contributed by atoms with Crippen LogP contribution in [0.25, 0.3) is 10.9 Å². The minimum absolute atomic E-state index is 0.00318. The van der Waals surface area contributed by atoms with Crippen LogP contribution in [-0.4, -0.2) is 66.5 Å². The number of hydrogen-bond donors (Lipinski definition) is 1. The molecule has 1 unspecified atom stereocenters. The van der Waals surface area contributed by atoms with Crippen molar-refractivity contribution in [3.63, 3.8) is 0 Å². The maximum Gasteiger partial charge on any atom is 0.137 e. The van der Waals surface area contributed by atoms with E-state index in [1.807, 2.05) is 6.92 Å². The van der Waals surface area contributed by atoms with Crippen LogP contribution < -0.4 is 0 Å². The molecular formula is C36H42F2N6O. The molecule has 1 fully saturated rings. The normalized spacial score (nSPS) is 17.4. The van der Waals surface area contributed by atoms with Gasteiger partial charge in [0.05, 0.1) is 6.54 Å². The number of rotatable bonds is 11. The predicted octanol–water partition coefficient (Wildman–Crippen LogP) is 6.17. The first-order valence-electron chi connectivity index (χ1n) is 15.9. The van der Waals surface area contributed by atoms with Crippen molar-refractivity contribution in [2.45, 2.75) is 64.4 Å². The van der Waals surface area contributed by atoms with Gasteiger partial charge in [-0.15, -0.1) is 0 Å². The van der Waals surface area contributed by atoms with Gasteiger partial charge in [0.2, 0.25) is 0 Å². The van der Waals surface area contributed by atoms with Crippen molar-refractivity contribution in [1.82, 2.24) is 29.1 Å². The largest absolute Gasteiger partial charge is 0.381 e. The molecule has 5 aromatic rings. The van der Waals surface area contributed by atoms with Gasteiger partial charge in [-0.25, -0.2) is 18.4 Å². The molecule has 9 heteroatoms. The van der Waals surface area contributed by atoms with Gasteiger partial charge >= 0.3 is 0 Å². The third-order valence-electron chi connectivity index (χ3n) is 9.69. The lowest BCUT2D eigenvalue weighted by Gasteiger charge is -2.45. The zero-order valence-corrected chi connectivity index (χ0v) is 26.3. The van der Waals surface area contributed by atoms with Crippen LogP contribution in [-0.2, 0) is 25.2 Å². The van der Waals surface area contributed by atoms with Gasteiger partial charge in [0.1, 0.15) is 29.9 Å². The van der Waals surface area contributed by atoms with E-state index < -0.39 is 23.3 Å². The second-order valence-electron chi connectivity index (χ2n) is 12.5. The van der Waals surface area contributed by atoms with Crippen LogP contribution in [0.3, 0.4) is 0 Å². The van der Waals surface area contributed by atoms with Gasteiger partial charge in [-0.05, 0) is 48.1 Å². The topological polar surface area (TPSA) is 62.4 Å². The van der Waals surface area contributed by atoms with Crippen molar-refractivity contribution < 1.29 is 13.9 Å². The number of aromatic nitrogens is 4. The van der Waals surface area contributed by atoms with Crippen LogP contribution in [0.4, 0.5) is 8.78 Å². The van der Waals surface area contributed by atoms with E-state index in [4.69, 9.17) is 0 Å². The molecule has 0 aliphatic carbocycles. The number of aliphatic hydroxyl groups is 1. The molecule has 3 aromatic carbocycles. The Morgan fingerprint density at radius 3 is 2.38 bits per heavy atom. The fourth-order valence-electron chi connectivity index (χ4n) is 6.66. The molecular weight excluding hydrogens is 570 g/mol. The van der Waals surface area contributed by atoms with E-state index in [-0.39, 0.29) is 12.1 Å². The minimum Gasteiger partial charge on any atom is -0.381 e. The second kappa shape index (κ2) is 13.2. The molecule has 3 atom stereocenters. The zero-order valence-electron chi connectivity index (χ0n) is 26.3. The first kappa shape index (κ1) is 31.1. The zero-order chi connectivity index (χ0) is 31.6. The average molecular weight is 613 g/mol. The van der Waals surface area contributed by atoms with Crippen LogP contribution in [0.15, 0.2) is 85.6 Å². The lowest BCUT2D eigenvalue weighted by Crippen LogP contribution is -2.57. The molecule has 1 aliphatic heterocycles. The van der Waals surface area contributed by atoms with Crippen molar-refractivity contribution in [3.8, 4) is 0 Å². The Hall–Kier alpha value is -3.92. The monoisotopic (exact) mass is 612 g/mol. The first-order chi connectivity index (χ1) is 21.7. The molecule has 6 rings (SSSR count). The summed E-state index contributed by atoms with van der Waals surface area (Å²) < 4.78 is 32.7. The highest BCUT2D eigenvalue weighted by Gasteiger charge is 2.42. The van der Waals surface area contributed by atoms with E-state index in [9.17, 15) is 9.50 Å². The molecule has 7 nitrogen and oxygen atoms in total. The second-order valence-corrected chi connectivity index (χ2v) is 12.5. The molecule has 1 saturated heterocycles. The Kier molecular flexibility index (Phi) is 9.12. The van der Waals surface area contributed by atoms with Crippen LogP contribution in [0.1, 0.15) is 55.4 Å². The van der Waals surface area contributed by atoms with Crippen LogP contribution in [0.5, 0.6) is 0 Å². The van der Waals surface area contributed by atoms with Crippen molar-refractivity contribution in [2.75, 3.05) is 26.2 Å². The highest BCUT2D eigenvalue weighted by Crippen LogP contribution is 2.33. The smallest absolute Gasteiger partial charge is 0.137 e. The van der Waals surface area contributed by atoms with Gasteiger partial charge in [0.15, 0.2) is 0 Å². The molecule has 236 valence electrons. The third kappa shape index (κ3) is 6.57. The molecule has 0 spiro atoms. The summed E-state index contributed by atoms with van der Waals surface area (Å²) in [6, 6.07) is 20.5. The molecule has 45 heavy (non-hydrogen) atoms. The summed E-state index contributed by atoms with van der Waals surface area (Å²) in [7, 11) is 0. The van der Waals surface area contributed by atoms with Crippen molar-refractivity contribution >= 4 is 10.9 Å². The summed E-state index contributed by atoms with van der Waals surface area (Å²) >= 11 is 0. The lowest BCUT2D eigenvalue weighted by atomic mass is 9.85. The van der Waals surface area contributed by atoms with Gasteiger partial charge < -0.3 is 9.67 Å². The Morgan fingerprint density at radius 2 is 1.69 bits per heavy atom. The van der Waals surface area contributed by atoms with Gasteiger partial charge in [0, 0.05) is 74.0 Å². The number of halogens is 2. The Morgan fingerprint density at radius 1 is 0.933 bits per heavy atom. The van der Waals surface area contributed by atoms with E-state index in [2.05, 4.69) is 93.0 Å². The first-order valence-corrected chi connectivity index (χ1v) is 15.9. The minimum atomic E-state index is -1.64. The molecule has 1 N–H and O–H groups in total. The summed E-state index contributed by atoms with van der Waals surface area (Å²) in [5.41, 5.74) is 3.59. The standard InChI is InChI=1S/C36H42F2N6O/c1-4-26(2)29-11-9-28(10-12-29)20-43-22-30(32-7-5-6-8-35(32)43)21-41-15-17-42(18-16-41)27(3)36(45,23-44-25-39-24-40-44)33-14-13-31(37)19-34(33)38/h5-14,19,22,24-27,45H,4,15-18,20-21,23H2,1-3H3/t26?,27-,36-/m1/s1. The molecule has 0 bridgehead atoms. The van der Waals surface area contributed by atoms with E-state index >= 15 is 4.39 Å². The van der Waals surface area contributed by atoms with E-state index in [1.54, 1.807) is 0 Å². The van der Waals surface area contributed by atoms with E-state index in [0.29, 0.717) is 19.0 Å². The quantitative estimate of drug-likeness (QED) is 0.194. The number of hydrogen-bond acceptors (Lipinski definition) is 5. The van der Waals surface area contributed by atoms with Gasteiger partial charge in [-0.3, -0.25) is 9.80 Å². The Balaban J connectivity index is 1.16. The molecule has 2 aromatic heterocycles. The average Bonchev–Trinajstić information content (AvgIpc) is 3.68. The van der Waals surface area contributed by atoms with Crippen LogP contribution in [0, 0.1) is 11.6 Å². The Labute approximate surface area is 263 Å². The van der Waals surface area contributed by atoms with Crippen molar-refractivity contribution in [1.29, 1.82) is 0 Å². The summed E-state index contributed by atoms with van der Waals surface area (Å²) in [6.45, 7) is 11.0. The van der Waals surface area contributed by atoms with Crippen LogP contribution in [0.2, 0.25) is 0 Å². The van der Waals surface area contributed by atoms with Gasteiger partial charge in [0.25, 0.3) is 0 Å². The molecule has 1 aliphatic rings. The van der Waals surface area contributed by atoms with Gasteiger partial charge in [-0.1, -0.05) is 62.4 Å². The fourth-order valence-corrected chi connectivity index (χ4v) is 6.66. The fraction of sp³-hybridized carbons (Fsp3) is 0.389. The molecule has 3 heterocycles. The maximum absolute atomic E-state index is 15.1. The van der Waals surface area contributed by atoms with Gasteiger partial charge in [-0.2, -0.15) is 5.10 Å². The maximum atomic E-state index is 15.1. The van der Waals surface area contributed by atoms with E-state index in [1.165, 1.54) is 57.1 Å². The third-order valence-corrected chi connectivity index (χ3v) is 9.69. The molecule has 0 radical (unpaired) electrons. The SMILES string of the molecule is CCC(C)c1ccc(Cn2cc(CN3CCN([C@H](C)[C@](O)(Cn4cncn4)c4ccc(F)cc4F)CC3)c3ccccc32)cc1. The highest BCUT2D eigenvalue weighted by atomic mass is 19.1. The Bertz CT molecular complexity index is 1710. The number of piperazine rings is 1. The summed E-state index contributed by atoms with van der Waals surface area (Å²) in [4.78, 5) is 8.60. The predicted molar refractivity (Wildman–Crippen MR) is 173 cm³/mol. The summed E-state index contributed by atoms with van der Waals surface area (Å²) in [5.74, 6) is -0.888. The summed E-state index contributed by atoms with van der Waals surface area (Å²) in [6.07, 6.45) is 6.30. The van der Waals surface area contributed by atoms with Crippen molar-refractivity contribution in [2.24, 2.45) is 0 Å².